The molecule has 2 amide bonds. The maximum atomic E-state index is 12.4. The van der Waals surface area contributed by atoms with Crippen LogP contribution in [0.15, 0.2) is 18.2 Å². The third-order valence-corrected chi connectivity index (χ3v) is 3.85. The molecule has 1 aromatic rings. The number of hydrogen-bond donors (Lipinski definition) is 2. The third-order valence-electron chi connectivity index (χ3n) is 3.85. The van der Waals surface area contributed by atoms with E-state index in [9.17, 15) is 9.59 Å². The Hall–Kier alpha value is -3.06. The molecule has 2 N–H and O–H groups in total. The molecular formula is C19H25N5O2. The summed E-state index contributed by atoms with van der Waals surface area (Å²) in [5, 5.41) is 23.4. The van der Waals surface area contributed by atoms with Crippen molar-refractivity contribution in [2.75, 3.05) is 30.3 Å². The molecule has 7 heteroatoms. The topological polar surface area (TPSA) is 109 Å². The summed E-state index contributed by atoms with van der Waals surface area (Å²) in [6.07, 6.45) is 1.70. The lowest BCUT2D eigenvalue weighted by Gasteiger charge is -2.21. The average Bonchev–Trinajstić information content (AvgIpc) is 2.62. The lowest BCUT2D eigenvalue weighted by atomic mass is 10.1. The van der Waals surface area contributed by atoms with Crippen molar-refractivity contribution >= 4 is 23.2 Å². The number of carbonyl (C=O) groups is 2. The first-order chi connectivity index (χ1) is 12.5. The lowest BCUT2D eigenvalue weighted by molar-refractivity contribution is -0.129. The van der Waals surface area contributed by atoms with Crippen LogP contribution < -0.4 is 10.6 Å². The Morgan fingerprint density at radius 1 is 1.12 bits per heavy atom. The summed E-state index contributed by atoms with van der Waals surface area (Å²) >= 11 is 0. The Morgan fingerprint density at radius 3 is 2.31 bits per heavy atom. The van der Waals surface area contributed by atoms with Crippen LogP contribution in [0, 0.1) is 29.6 Å². The van der Waals surface area contributed by atoms with E-state index in [2.05, 4.69) is 10.6 Å². The maximum absolute atomic E-state index is 12.4. The van der Waals surface area contributed by atoms with E-state index >= 15 is 0 Å². The van der Waals surface area contributed by atoms with Crippen molar-refractivity contribution in [2.24, 2.45) is 0 Å². The van der Waals surface area contributed by atoms with E-state index < -0.39 is 0 Å². The number of anilines is 2. The molecule has 26 heavy (non-hydrogen) atoms. The minimum atomic E-state index is -0.171. The summed E-state index contributed by atoms with van der Waals surface area (Å²) in [4.78, 5) is 25.7. The van der Waals surface area contributed by atoms with Gasteiger partial charge < -0.3 is 15.5 Å². The number of nitrogens with one attached hydrogen (secondary N) is 2. The van der Waals surface area contributed by atoms with Crippen LogP contribution in [0.4, 0.5) is 11.4 Å². The molecule has 0 aliphatic rings. The van der Waals surface area contributed by atoms with Crippen molar-refractivity contribution in [3.63, 3.8) is 0 Å². The van der Waals surface area contributed by atoms with Crippen molar-refractivity contribution in [1.82, 2.24) is 4.90 Å². The van der Waals surface area contributed by atoms with E-state index in [1.165, 1.54) is 4.90 Å². The molecule has 7 nitrogen and oxygen atoms in total. The number of rotatable bonds is 10. The maximum Gasteiger partial charge on any atom is 0.241 e. The molecule has 0 bridgehead atoms. The van der Waals surface area contributed by atoms with E-state index in [-0.39, 0.29) is 31.2 Å². The summed E-state index contributed by atoms with van der Waals surface area (Å²) in [5.41, 5.74) is 2.32. The Kier molecular flexibility index (Phi) is 9.27. The van der Waals surface area contributed by atoms with Crippen molar-refractivity contribution in [1.29, 1.82) is 10.5 Å². The molecule has 0 unspecified atom stereocenters. The SMILES string of the molecule is CCCC(=O)Nc1cccc(NCC(=O)N(CCC#N)CCC#N)c1C. The van der Waals surface area contributed by atoms with Crippen LogP contribution in [-0.2, 0) is 9.59 Å². The van der Waals surface area contributed by atoms with Crippen LogP contribution in [0.3, 0.4) is 0 Å². The van der Waals surface area contributed by atoms with Crippen molar-refractivity contribution in [2.45, 2.75) is 39.5 Å². The lowest BCUT2D eigenvalue weighted by Crippen LogP contribution is -2.37. The second-order valence-corrected chi connectivity index (χ2v) is 5.83. The monoisotopic (exact) mass is 355 g/mol. The molecule has 0 fully saturated rings. The van der Waals surface area contributed by atoms with Gasteiger partial charge in [-0.3, -0.25) is 9.59 Å². The van der Waals surface area contributed by atoms with Crippen LogP contribution in [0.5, 0.6) is 0 Å². The second-order valence-electron chi connectivity index (χ2n) is 5.83. The van der Waals surface area contributed by atoms with Crippen molar-refractivity contribution in [3.05, 3.63) is 23.8 Å². The number of amides is 2. The molecule has 0 atom stereocenters. The average molecular weight is 355 g/mol. The Bertz CT molecular complexity index is 685. The van der Waals surface area contributed by atoms with Gasteiger partial charge in [0.1, 0.15) is 0 Å². The number of hydrogen-bond acceptors (Lipinski definition) is 5. The summed E-state index contributed by atoms with van der Waals surface area (Å²) in [6.45, 7) is 4.50. The van der Waals surface area contributed by atoms with Gasteiger partial charge in [0, 0.05) is 30.9 Å². The summed E-state index contributed by atoms with van der Waals surface area (Å²) in [6, 6.07) is 9.49. The van der Waals surface area contributed by atoms with E-state index in [0.29, 0.717) is 25.2 Å². The predicted molar refractivity (Wildman–Crippen MR) is 100 cm³/mol. The quantitative estimate of drug-likeness (QED) is 0.671. The summed E-state index contributed by atoms with van der Waals surface area (Å²) < 4.78 is 0. The Balaban J connectivity index is 2.73. The molecule has 1 rings (SSSR count). The van der Waals surface area contributed by atoms with Gasteiger partial charge in [0.15, 0.2) is 0 Å². The highest BCUT2D eigenvalue weighted by Crippen LogP contribution is 2.23. The number of nitrogens with zero attached hydrogens (tertiary/aromatic N) is 3. The van der Waals surface area contributed by atoms with E-state index in [0.717, 1.165) is 17.7 Å². The largest absolute Gasteiger partial charge is 0.376 e. The second kappa shape index (κ2) is 11.5. The van der Waals surface area contributed by atoms with E-state index in [1.54, 1.807) is 0 Å². The zero-order valence-corrected chi connectivity index (χ0v) is 15.3. The predicted octanol–water partition coefficient (Wildman–Crippen LogP) is 2.80. The van der Waals surface area contributed by atoms with Gasteiger partial charge >= 0.3 is 0 Å². The first kappa shape index (κ1) is 21.0. The summed E-state index contributed by atoms with van der Waals surface area (Å²) in [5.74, 6) is -0.210. The van der Waals surface area contributed by atoms with Crippen LogP contribution in [-0.4, -0.2) is 36.3 Å². The van der Waals surface area contributed by atoms with E-state index in [1.807, 2.05) is 44.2 Å². The Morgan fingerprint density at radius 2 is 1.73 bits per heavy atom. The van der Waals surface area contributed by atoms with Crippen LogP contribution in [0.1, 0.15) is 38.2 Å². The van der Waals surface area contributed by atoms with Gasteiger partial charge in [-0.25, -0.2) is 0 Å². The van der Waals surface area contributed by atoms with E-state index in [4.69, 9.17) is 10.5 Å². The number of benzene rings is 1. The molecular weight excluding hydrogens is 330 g/mol. The molecule has 1 aromatic carbocycles. The zero-order chi connectivity index (χ0) is 19.4. The zero-order valence-electron chi connectivity index (χ0n) is 15.3. The molecule has 0 radical (unpaired) electrons. The molecule has 138 valence electrons. The molecule has 0 aliphatic carbocycles. The highest BCUT2D eigenvalue weighted by Gasteiger charge is 2.14. The fourth-order valence-electron chi connectivity index (χ4n) is 2.42. The Labute approximate surface area is 154 Å². The smallest absolute Gasteiger partial charge is 0.241 e. The standard InChI is InChI=1S/C19H25N5O2/c1-3-7-18(25)23-17-9-4-8-16(15(17)2)22-14-19(26)24(12-5-10-20)13-6-11-21/h4,8-9,22H,3,5-7,12-14H2,1-2H3,(H,23,25). The van der Waals surface area contributed by atoms with Gasteiger partial charge in [-0.1, -0.05) is 13.0 Å². The highest BCUT2D eigenvalue weighted by molar-refractivity contribution is 5.92. The molecule has 0 heterocycles. The third kappa shape index (κ3) is 6.82. The minimum absolute atomic E-state index is 0.0389. The fourth-order valence-corrected chi connectivity index (χ4v) is 2.42. The van der Waals surface area contributed by atoms with Crippen molar-refractivity contribution in [3.8, 4) is 12.1 Å². The molecule has 0 saturated carbocycles. The van der Waals surface area contributed by atoms with Gasteiger partial charge in [-0.15, -0.1) is 0 Å². The fraction of sp³-hybridized carbons (Fsp3) is 0.474. The van der Waals surface area contributed by atoms with Crippen LogP contribution in [0.25, 0.3) is 0 Å². The molecule has 0 aliphatic heterocycles. The van der Waals surface area contributed by atoms with Gasteiger partial charge in [0.2, 0.25) is 11.8 Å². The van der Waals surface area contributed by atoms with Gasteiger partial charge in [0.05, 0.1) is 31.5 Å². The van der Waals surface area contributed by atoms with Gasteiger partial charge in [-0.05, 0) is 31.0 Å². The highest BCUT2D eigenvalue weighted by atomic mass is 16.2. The summed E-state index contributed by atoms with van der Waals surface area (Å²) in [7, 11) is 0. The van der Waals surface area contributed by atoms with Crippen LogP contribution >= 0.6 is 0 Å². The normalized spacial score (nSPS) is 9.69. The number of carbonyl (C=O) groups excluding carboxylic acids is 2. The molecule has 0 spiro atoms. The van der Waals surface area contributed by atoms with Gasteiger partial charge in [-0.2, -0.15) is 10.5 Å². The van der Waals surface area contributed by atoms with Crippen molar-refractivity contribution < 1.29 is 9.59 Å². The number of nitriles is 2. The van der Waals surface area contributed by atoms with Gasteiger partial charge in [0.25, 0.3) is 0 Å². The first-order valence-electron chi connectivity index (χ1n) is 8.68. The first-order valence-corrected chi connectivity index (χ1v) is 8.68. The van der Waals surface area contributed by atoms with Crippen LogP contribution in [0.2, 0.25) is 0 Å². The molecule has 0 saturated heterocycles. The minimum Gasteiger partial charge on any atom is -0.376 e. The molecule has 0 aromatic heterocycles.